The number of amides is 2. The molecule has 0 bridgehead atoms. The normalized spacial score (nSPS) is 17.6. The third kappa shape index (κ3) is 3.78. The van der Waals surface area contributed by atoms with Gasteiger partial charge in [-0.05, 0) is 31.4 Å². The lowest BCUT2D eigenvalue weighted by atomic mass is 10.1. The second kappa shape index (κ2) is 6.66. The largest absolute Gasteiger partial charge is 0.338 e. The number of urea groups is 1. The molecule has 7 heteroatoms. The molecule has 1 heterocycles. The van der Waals surface area contributed by atoms with Crippen LogP contribution in [0.1, 0.15) is 18.9 Å². The second-order valence-corrected chi connectivity index (χ2v) is 7.81. The Morgan fingerprint density at radius 2 is 2.09 bits per heavy atom. The van der Waals surface area contributed by atoms with E-state index in [1.54, 1.807) is 4.90 Å². The molecule has 22 heavy (non-hydrogen) atoms. The second-order valence-electron chi connectivity index (χ2n) is 5.72. The monoisotopic (exact) mass is 325 g/mol. The lowest BCUT2D eigenvalue weighted by Crippen LogP contribution is -2.44. The number of carbonyl (C=O) groups is 1. The number of carbonyl (C=O) groups excluding carboxylic acids is 1. The molecule has 6 nitrogen and oxygen atoms in total. The molecule has 2 rings (SSSR count). The Hall–Kier alpha value is -1.60. The van der Waals surface area contributed by atoms with Gasteiger partial charge in [0.1, 0.15) is 0 Å². The molecule has 122 valence electrons. The Labute approximate surface area is 132 Å². The Kier molecular flexibility index (Phi) is 5.08. The van der Waals surface area contributed by atoms with Crippen molar-refractivity contribution in [2.75, 3.05) is 31.3 Å². The standard InChI is InChI=1S/C15H23N3O3S/c1-12-11-13-7-4-5-8-14(13)18(12)15(19)16-9-6-10-17(2)22(3,20)21/h4-5,7-8,12H,6,9-11H2,1-3H3,(H,16,19). The fourth-order valence-corrected chi connectivity index (χ4v) is 3.08. The van der Waals surface area contributed by atoms with Gasteiger partial charge < -0.3 is 5.32 Å². The minimum atomic E-state index is -3.16. The minimum Gasteiger partial charge on any atom is -0.338 e. The van der Waals surface area contributed by atoms with E-state index >= 15 is 0 Å². The molecule has 1 N–H and O–H groups in total. The minimum absolute atomic E-state index is 0.126. The molecule has 1 aliphatic rings. The highest BCUT2D eigenvalue weighted by Crippen LogP contribution is 2.31. The van der Waals surface area contributed by atoms with Gasteiger partial charge >= 0.3 is 6.03 Å². The van der Waals surface area contributed by atoms with Crippen LogP contribution in [0.3, 0.4) is 0 Å². The number of anilines is 1. The van der Waals surface area contributed by atoms with Crippen molar-refractivity contribution >= 4 is 21.7 Å². The third-order valence-electron chi connectivity index (χ3n) is 3.92. The molecular formula is C15H23N3O3S. The highest BCUT2D eigenvalue weighted by atomic mass is 32.2. The quantitative estimate of drug-likeness (QED) is 0.833. The van der Waals surface area contributed by atoms with Crippen LogP contribution >= 0.6 is 0 Å². The number of para-hydroxylation sites is 1. The Morgan fingerprint density at radius 1 is 1.41 bits per heavy atom. The van der Waals surface area contributed by atoms with Crippen molar-refractivity contribution in [2.24, 2.45) is 0 Å². The predicted octanol–water partition coefficient (Wildman–Crippen LogP) is 1.43. The lowest BCUT2D eigenvalue weighted by molar-refractivity contribution is 0.244. The third-order valence-corrected chi connectivity index (χ3v) is 5.23. The van der Waals surface area contributed by atoms with Crippen molar-refractivity contribution in [3.05, 3.63) is 29.8 Å². The van der Waals surface area contributed by atoms with Gasteiger partial charge in [-0.25, -0.2) is 17.5 Å². The fraction of sp³-hybridized carbons (Fsp3) is 0.533. The maximum atomic E-state index is 12.3. The molecule has 1 aromatic rings. The van der Waals surface area contributed by atoms with Gasteiger partial charge in [0, 0.05) is 31.9 Å². The summed E-state index contributed by atoms with van der Waals surface area (Å²) >= 11 is 0. The van der Waals surface area contributed by atoms with Crippen LogP contribution in [-0.4, -0.2) is 51.2 Å². The number of fused-ring (bicyclic) bond motifs is 1. The zero-order chi connectivity index (χ0) is 16.3. The van der Waals surface area contributed by atoms with Crippen molar-refractivity contribution in [3.63, 3.8) is 0 Å². The summed E-state index contributed by atoms with van der Waals surface area (Å²) in [5.74, 6) is 0. The van der Waals surface area contributed by atoms with Crippen molar-refractivity contribution in [2.45, 2.75) is 25.8 Å². The van der Waals surface area contributed by atoms with Crippen molar-refractivity contribution < 1.29 is 13.2 Å². The number of nitrogens with one attached hydrogen (secondary N) is 1. The highest BCUT2D eigenvalue weighted by molar-refractivity contribution is 7.88. The van der Waals surface area contributed by atoms with Crippen molar-refractivity contribution in [3.8, 4) is 0 Å². The summed E-state index contributed by atoms with van der Waals surface area (Å²) in [6, 6.07) is 7.91. The van der Waals surface area contributed by atoms with E-state index in [0.29, 0.717) is 19.5 Å². The van der Waals surface area contributed by atoms with E-state index in [4.69, 9.17) is 0 Å². The van der Waals surface area contributed by atoms with Crippen LogP contribution in [0.25, 0.3) is 0 Å². The van der Waals surface area contributed by atoms with E-state index < -0.39 is 10.0 Å². The molecule has 1 unspecified atom stereocenters. The first-order valence-electron chi connectivity index (χ1n) is 7.37. The van der Waals surface area contributed by atoms with Gasteiger partial charge in [0.15, 0.2) is 0 Å². The van der Waals surface area contributed by atoms with Crippen LogP contribution in [0, 0.1) is 0 Å². The fourth-order valence-electron chi connectivity index (χ4n) is 2.62. The maximum absolute atomic E-state index is 12.3. The molecule has 0 saturated heterocycles. The highest BCUT2D eigenvalue weighted by Gasteiger charge is 2.30. The predicted molar refractivity (Wildman–Crippen MR) is 87.6 cm³/mol. The van der Waals surface area contributed by atoms with E-state index in [1.165, 1.54) is 23.2 Å². The van der Waals surface area contributed by atoms with Gasteiger partial charge in [-0.1, -0.05) is 18.2 Å². The summed E-state index contributed by atoms with van der Waals surface area (Å²) in [6.07, 6.45) is 2.62. The van der Waals surface area contributed by atoms with E-state index in [9.17, 15) is 13.2 Å². The van der Waals surface area contributed by atoms with Crippen LogP contribution in [0.4, 0.5) is 10.5 Å². The number of benzene rings is 1. The van der Waals surface area contributed by atoms with E-state index in [-0.39, 0.29) is 12.1 Å². The van der Waals surface area contributed by atoms with E-state index in [0.717, 1.165) is 12.1 Å². The first kappa shape index (κ1) is 16.8. The smallest absolute Gasteiger partial charge is 0.322 e. The summed E-state index contributed by atoms with van der Waals surface area (Å²) in [5, 5.41) is 2.87. The summed E-state index contributed by atoms with van der Waals surface area (Å²) in [6.45, 7) is 2.87. The SMILES string of the molecule is CC1Cc2ccccc2N1C(=O)NCCCN(C)S(C)(=O)=O. The van der Waals surface area contributed by atoms with Gasteiger partial charge in [-0.15, -0.1) is 0 Å². The summed E-state index contributed by atoms with van der Waals surface area (Å²) in [5.41, 5.74) is 2.14. The van der Waals surface area contributed by atoms with Crippen LogP contribution < -0.4 is 10.2 Å². The first-order valence-corrected chi connectivity index (χ1v) is 9.22. The van der Waals surface area contributed by atoms with Crippen molar-refractivity contribution in [1.82, 2.24) is 9.62 Å². The summed E-state index contributed by atoms with van der Waals surface area (Å²) < 4.78 is 23.8. The van der Waals surface area contributed by atoms with Crippen LogP contribution in [0.15, 0.2) is 24.3 Å². The lowest BCUT2D eigenvalue weighted by Gasteiger charge is -2.23. The molecular weight excluding hydrogens is 302 g/mol. The van der Waals surface area contributed by atoms with Crippen molar-refractivity contribution in [1.29, 1.82) is 0 Å². The molecule has 0 spiro atoms. The van der Waals surface area contributed by atoms with Crippen LogP contribution in [-0.2, 0) is 16.4 Å². The summed E-state index contributed by atoms with van der Waals surface area (Å²) in [7, 11) is -1.62. The van der Waals surface area contributed by atoms with Gasteiger partial charge in [-0.3, -0.25) is 4.90 Å². The Morgan fingerprint density at radius 3 is 2.77 bits per heavy atom. The van der Waals surface area contributed by atoms with E-state index in [1.807, 2.05) is 31.2 Å². The molecule has 0 saturated carbocycles. The first-order chi connectivity index (χ1) is 10.3. The maximum Gasteiger partial charge on any atom is 0.322 e. The zero-order valence-electron chi connectivity index (χ0n) is 13.2. The number of sulfonamides is 1. The number of nitrogens with zero attached hydrogens (tertiary/aromatic N) is 2. The zero-order valence-corrected chi connectivity index (χ0v) is 14.1. The summed E-state index contributed by atoms with van der Waals surface area (Å²) in [4.78, 5) is 14.1. The van der Waals surface area contributed by atoms with Gasteiger partial charge in [0.25, 0.3) is 0 Å². The van der Waals surface area contributed by atoms with Gasteiger partial charge in [-0.2, -0.15) is 0 Å². The molecule has 0 radical (unpaired) electrons. The number of hydrogen-bond donors (Lipinski definition) is 1. The van der Waals surface area contributed by atoms with E-state index in [2.05, 4.69) is 5.32 Å². The molecule has 0 aliphatic carbocycles. The number of rotatable bonds is 5. The van der Waals surface area contributed by atoms with Crippen LogP contribution in [0.5, 0.6) is 0 Å². The van der Waals surface area contributed by atoms with Gasteiger partial charge in [0.05, 0.1) is 6.26 Å². The average Bonchev–Trinajstić information content (AvgIpc) is 2.77. The molecule has 0 fully saturated rings. The average molecular weight is 325 g/mol. The molecule has 1 atom stereocenters. The topological polar surface area (TPSA) is 69.7 Å². The number of hydrogen-bond acceptors (Lipinski definition) is 3. The molecule has 1 aromatic carbocycles. The molecule has 2 amide bonds. The molecule has 1 aliphatic heterocycles. The van der Waals surface area contributed by atoms with Gasteiger partial charge in [0.2, 0.25) is 10.0 Å². The Bertz CT molecular complexity index is 645. The van der Waals surface area contributed by atoms with Crippen LogP contribution in [0.2, 0.25) is 0 Å². The molecule has 0 aromatic heterocycles. The Balaban J connectivity index is 1.86.